The number of benzene rings is 1. The summed E-state index contributed by atoms with van der Waals surface area (Å²) in [5.74, 6) is -0.194. The van der Waals surface area contributed by atoms with Crippen LogP contribution in [0.3, 0.4) is 0 Å². The van der Waals surface area contributed by atoms with Gasteiger partial charge in [0, 0.05) is 25.2 Å². The lowest BCUT2D eigenvalue weighted by Crippen LogP contribution is -2.49. The fourth-order valence-corrected chi connectivity index (χ4v) is 2.78. The first kappa shape index (κ1) is 14.0. The maximum atomic E-state index is 13.2. The van der Waals surface area contributed by atoms with Gasteiger partial charge in [-0.25, -0.2) is 4.39 Å². The van der Waals surface area contributed by atoms with E-state index in [-0.39, 0.29) is 11.4 Å². The van der Waals surface area contributed by atoms with Crippen LogP contribution in [0.5, 0.6) is 0 Å². The van der Waals surface area contributed by atoms with E-state index < -0.39 is 0 Å². The Labute approximate surface area is 117 Å². The van der Waals surface area contributed by atoms with Crippen molar-refractivity contribution in [1.29, 1.82) is 0 Å². The number of likely N-dealkylation sites (tertiary alicyclic amines) is 1. The zero-order valence-electron chi connectivity index (χ0n) is 11.0. The third kappa shape index (κ3) is 3.31. The molecule has 0 aliphatic carbocycles. The first-order valence-corrected chi connectivity index (χ1v) is 7.17. The van der Waals surface area contributed by atoms with Crippen molar-refractivity contribution < 1.29 is 4.39 Å². The van der Waals surface area contributed by atoms with Gasteiger partial charge in [0.15, 0.2) is 0 Å². The van der Waals surface area contributed by atoms with E-state index in [1.807, 2.05) is 19.2 Å². The molecule has 1 aliphatic rings. The maximum Gasteiger partial charge on any atom is 0.137 e. The van der Waals surface area contributed by atoms with Crippen molar-refractivity contribution in [2.24, 2.45) is 0 Å². The lowest BCUT2D eigenvalue weighted by atomic mass is 9.90. The van der Waals surface area contributed by atoms with Crippen molar-refractivity contribution in [3.63, 3.8) is 0 Å². The Morgan fingerprint density at radius 3 is 2.61 bits per heavy atom. The molecule has 1 aliphatic heterocycles. The number of nitrogens with one attached hydrogen (secondary N) is 1. The third-order valence-corrected chi connectivity index (χ3v) is 4.56. The van der Waals surface area contributed by atoms with Crippen LogP contribution in [0.15, 0.2) is 22.7 Å². The molecule has 0 spiro atoms. The summed E-state index contributed by atoms with van der Waals surface area (Å²) in [5.41, 5.74) is 1.44. The number of hydrogen-bond acceptors (Lipinski definition) is 2. The molecular weight excluding hydrogens is 295 g/mol. The van der Waals surface area contributed by atoms with Crippen LogP contribution in [0.4, 0.5) is 4.39 Å². The molecule has 0 unspecified atom stereocenters. The number of piperidine rings is 1. The summed E-state index contributed by atoms with van der Waals surface area (Å²) < 4.78 is 13.7. The van der Waals surface area contributed by atoms with Gasteiger partial charge in [0.05, 0.1) is 4.47 Å². The summed E-state index contributed by atoms with van der Waals surface area (Å²) >= 11 is 3.24. The first-order valence-electron chi connectivity index (χ1n) is 6.38. The summed E-state index contributed by atoms with van der Waals surface area (Å²) in [6, 6.07) is 5.27. The molecule has 100 valence electrons. The summed E-state index contributed by atoms with van der Waals surface area (Å²) in [6.07, 6.45) is 2.32. The summed E-state index contributed by atoms with van der Waals surface area (Å²) in [4.78, 5) is 2.43. The molecule has 0 atom stereocenters. The average Bonchev–Trinajstić information content (AvgIpc) is 2.37. The quantitative estimate of drug-likeness (QED) is 0.922. The standard InChI is InChI=1S/C14H20BrFN2/c1-14(17-2)5-7-18(8-6-14)10-11-3-4-13(16)12(15)9-11/h3-4,9,17H,5-8,10H2,1-2H3. The molecule has 1 saturated heterocycles. The van der Waals surface area contributed by atoms with Gasteiger partial charge in [-0.05, 0) is 60.4 Å². The fourth-order valence-electron chi connectivity index (χ4n) is 2.35. The van der Waals surface area contributed by atoms with E-state index in [2.05, 4.69) is 33.1 Å². The maximum absolute atomic E-state index is 13.2. The molecular formula is C14H20BrFN2. The highest BCUT2D eigenvalue weighted by molar-refractivity contribution is 9.10. The molecule has 18 heavy (non-hydrogen) atoms. The van der Waals surface area contributed by atoms with Crippen LogP contribution in [-0.4, -0.2) is 30.6 Å². The van der Waals surface area contributed by atoms with Crippen LogP contribution in [0.1, 0.15) is 25.3 Å². The molecule has 1 fully saturated rings. The molecule has 0 amide bonds. The van der Waals surface area contributed by atoms with Crippen LogP contribution < -0.4 is 5.32 Å². The molecule has 0 aromatic heterocycles. The van der Waals surface area contributed by atoms with Crippen LogP contribution >= 0.6 is 15.9 Å². The normalized spacial score (nSPS) is 20.0. The molecule has 4 heteroatoms. The number of nitrogens with zero attached hydrogens (tertiary/aromatic N) is 1. The largest absolute Gasteiger partial charge is 0.314 e. The van der Waals surface area contributed by atoms with Gasteiger partial charge in [0.2, 0.25) is 0 Å². The Morgan fingerprint density at radius 1 is 1.39 bits per heavy atom. The van der Waals surface area contributed by atoms with E-state index in [0.717, 1.165) is 38.0 Å². The Morgan fingerprint density at radius 2 is 2.06 bits per heavy atom. The van der Waals surface area contributed by atoms with E-state index >= 15 is 0 Å². The SMILES string of the molecule is CNC1(C)CCN(Cc2ccc(F)c(Br)c2)CC1. The lowest BCUT2D eigenvalue weighted by Gasteiger charge is -2.39. The van der Waals surface area contributed by atoms with E-state index in [1.54, 1.807) is 0 Å². The van der Waals surface area contributed by atoms with Gasteiger partial charge in [-0.15, -0.1) is 0 Å². The second kappa shape index (κ2) is 5.68. The van der Waals surface area contributed by atoms with Gasteiger partial charge >= 0.3 is 0 Å². The van der Waals surface area contributed by atoms with Gasteiger partial charge in [0.25, 0.3) is 0 Å². The Balaban J connectivity index is 1.93. The molecule has 2 rings (SSSR count). The predicted octanol–water partition coefficient (Wildman–Crippen LogP) is 3.16. The van der Waals surface area contributed by atoms with E-state index in [9.17, 15) is 4.39 Å². The van der Waals surface area contributed by atoms with Gasteiger partial charge in [-0.1, -0.05) is 6.07 Å². The fraction of sp³-hybridized carbons (Fsp3) is 0.571. The second-order valence-corrected chi connectivity index (χ2v) is 6.19. The first-order chi connectivity index (χ1) is 8.52. The highest BCUT2D eigenvalue weighted by atomic mass is 79.9. The summed E-state index contributed by atoms with van der Waals surface area (Å²) in [6.45, 7) is 5.36. The molecule has 1 aromatic rings. The van der Waals surface area contributed by atoms with Gasteiger partial charge in [-0.2, -0.15) is 0 Å². The Bertz CT molecular complexity index is 414. The van der Waals surface area contributed by atoms with Gasteiger partial charge in [-0.3, -0.25) is 4.90 Å². The number of hydrogen-bond donors (Lipinski definition) is 1. The molecule has 1 aromatic carbocycles. The van der Waals surface area contributed by atoms with Crippen molar-refractivity contribution >= 4 is 15.9 Å². The molecule has 0 bridgehead atoms. The molecule has 2 nitrogen and oxygen atoms in total. The average molecular weight is 315 g/mol. The number of rotatable bonds is 3. The van der Waals surface area contributed by atoms with E-state index in [1.165, 1.54) is 6.07 Å². The van der Waals surface area contributed by atoms with Crippen molar-refractivity contribution in [1.82, 2.24) is 10.2 Å². The van der Waals surface area contributed by atoms with Crippen LogP contribution in [-0.2, 0) is 6.54 Å². The van der Waals surface area contributed by atoms with Gasteiger partial charge < -0.3 is 5.32 Å². The smallest absolute Gasteiger partial charge is 0.137 e. The minimum atomic E-state index is -0.194. The second-order valence-electron chi connectivity index (χ2n) is 5.34. The Kier molecular flexibility index (Phi) is 4.41. The van der Waals surface area contributed by atoms with E-state index in [0.29, 0.717) is 4.47 Å². The summed E-state index contributed by atoms with van der Waals surface area (Å²) in [7, 11) is 2.03. The third-order valence-electron chi connectivity index (χ3n) is 3.95. The zero-order valence-corrected chi connectivity index (χ0v) is 12.6. The molecule has 1 N–H and O–H groups in total. The van der Waals surface area contributed by atoms with Crippen LogP contribution in [0.25, 0.3) is 0 Å². The lowest BCUT2D eigenvalue weighted by molar-refractivity contribution is 0.146. The van der Waals surface area contributed by atoms with Crippen molar-refractivity contribution in [3.05, 3.63) is 34.1 Å². The van der Waals surface area contributed by atoms with Crippen molar-refractivity contribution in [2.75, 3.05) is 20.1 Å². The predicted molar refractivity (Wildman–Crippen MR) is 76.1 cm³/mol. The molecule has 0 radical (unpaired) electrons. The van der Waals surface area contributed by atoms with Gasteiger partial charge in [0.1, 0.15) is 5.82 Å². The monoisotopic (exact) mass is 314 g/mol. The number of halogens is 2. The molecule has 0 saturated carbocycles. The highest BCUT2D eigenvalue weighted by Gasteiger charge is 2.27. The zero-order chi connectivity index (χ0) is 13.2. The highest BCUT2D eigenvalue weighted by Crippen LogP contribution is 2.23. The van der Waals surface area contributed by atoms with Crippen LogP contribution in [0, 0.1) is 5.82 Å². The minimum absolute atomic E-state index is 0.194. The van der Waals surface area contributed by atoms with Crippen LogP contribution in [0.2, 0.25) is 0 Å². The molecule has 1 heterocycles. The van der Waals surface area contributed by atoms with E-state index in [4.69, 9.17) is 0 Å². The van der Waals surface area contributed by atoms with Crippen molar-refractivity contribution in [2.45, 2.75) is 31.8 Å². The minimum Gasteiger partial charge on any atom is -0.314 e. The van der Waals surface area contributed by atoms with Crippen molar-refractivity contribution in [3.8, 4) is 0 Å². The topological polar surface area (TPSA) is 15.3 Å². The summed E-state index contributed by atoms with van der Waals surface area (Å²) in [5, 5.41) is 3.40. The Hall–Kier alpha value is -0.450.